The fourth-order valence-corrected chi connectivity index (χ4v) is 2.05. The maximum Gasteiger partial charge on any atom is 0.573 e. The van der Waals surface area contributed by atoms with Crippen LogP contribution in [0.1, 0.15) is 18.2 Å². The second kappa shape index (κ2) is 10.9. The number of nitrogens with zero attached hydrogens (tertiary/aromatic N) is 1. The van der Waals surface area contributed by atoms with Gasteiger partial charge in [-0.15, -0.1) is 13.2 Å². The van der Waals surface area contributed by atoms with Gasteiger partial charge in [0.25, 0.3) is 0 Å². The van der Waals surface area contributed by atoms with E-state index in [1.807, 2.05) is 13.0 Å². The number of anilines is 1. The Hall–Kier alpha value is -3.01. The van der Waals surface area contributed by atoms with Crippen LogP contribution in [0.2, 0.25) is 0 Å². The highest BCUT2D eigenvalue weighted by atomic mass is 19.4. The average Bonchev–Trinajstić information content (AvgIpc) is 2.66. The molecule has 0 bridgehead atoms. The van der Waals surface area contributed by atoms with Gasteiger partial charge in [-0.1, -0.05) is 19.1 Å². The van der Waals surface area contributed by atoms with E-state index in [2.05, 4.69) is 20.9 Å². The first-order valence-corrected chi connectivity index (χ1v) is 7.88. The predicted molar refractivity (Wildman–Crippen MR) is 94.0 cm³/mol. The van der Waals surface area contributed by atoms with Crippen LogP contribution in [0.25, 0.3) is 0 Å². The van der Waals surface area contributed by atoms with Gasteiger partial charge in [-0.2, -0.15) is 0 Å². The number of ether oxygens (including phenoxy) is 2. The molecule has 0 atom stereocenters. The van der Waals surface area contributed by atoms with Crippen LogP contribution in [0.3, 0.4) is 0 Å². The minimum Gasteiger partial charge on any atom is -0.473 e. The zero-order chi connectivity index (χ0) is 20.3. The van der Waals surface area contributed by atoms with Gasteiger partial charge in [0.2, 0.25) is 12.3 Å². The van der Waals surface area contributed by atoms with E-state index >= 15 is 0 Å². The molecule has 27 heavy (non-hydrogen) atoms. The van der Waals surface area contributed by atoms with Crippen LogP contribution in [0.5, 0.6) is 11.6 Å². The first kappa shape index (κ1) is 22.0. The molecule has 0 fully saturated rings. The first-order chi connectivity index (χ1) is 12.8. The number of nitrogens with two attached hydrogens (primary N) is 1. The Morgan fingerprint density at radius 2 is 1.89 bits per heavy atom. The topological polar surface area (TPSA) is 98.5 Å². The number of pyridine rings is 1. The third-order valence-corrected chi connectivity index (χ3v) is 3.20. The zero-order valence-electron chi connectivity index (χ0n) is 14.8. The van der Waals surface area contributed by atoms with Crippen LogP contribution in [-0.2, 0) is 17.8 Å². The third kappa shape index (κ3) is 7.82. The van der Waals surface area contributed by atoms with Crippen molar-refractivity contribution in [1.82, 2.24) is 10.4 Å². The van der Waals surface area contributed by atoms with E-state index in [0.717, 1.165) is 12.1 Å². The molecule has 0 radical (unpaired) electrons. The molecule has 10 heteroatoms. The molecular formula is C17H21F3N4O3. The Bertz CT molecular complexity index is 727. The van der Waals surface area contributed by atoms with Crippen molar-refractivity contribution in [2.75, 3.05) is 12.4 Å². The molecule has 148 valence electrons. The monoisotopic (exact) mass is 386 g/mol. The third-order valence-electron chi connectivity index (χ3n) is 3.20. The lowest BCUT2D eigenvalue weighted by atomic mass is 10.1. The highest BCUT2D eigenvalue weighted by Gasteiger charge is 2.32. The van der Waals surface area contributed by atoms with Crippen LogP contribution in [-0.4, -0.2) is 24.8 Å². The summed E-state index contributed by atoms with van der Waals surface area (Å²) >= 11 is 0. The number of aryl methyl sites for hydroxylation is 1. The van der Waals surface area contributed by atoms with E-state index in [-0.39, 0.29) is 17.9 Å². The fraction of sp³-hybridized carbons (Fsp3) is 0.294. The predicted octanol–water partition coefficient (Wildman–Crippen LogP) is 2.77. The van der Waals surface area contributed by atoms with Gasteiger partial charge in [-0.05, 0) is 24.6 Å². The summed E-state index contributed by atoms with van der Waals surface area (Å²) in [7, 11) is 1.62. The number of nitrogens with one attached hydrogen (secondary N) is 2. The summed E-state index contributed by atoms with van der Waals surface area (Å²) in [5.74, 6) is 4.47. The highest BCUT2D eigenvalue weighted by Crippen LogP contribution is 2.32. The van der Waals surface area contributed by atoms with Crippen LogP contribution >= 0.6 is 0 Å². The lowest BCUT2D eigenvalue weighted by molar-refractivity contribution is -0.275. The lowest BCUT2D eigenvalue weighted by Gasteiger charge is -2.17. The molecular weight excluding hydrogens is 365 g/mol. The summed E-state index contributed by atoms with van der Waals surface area (Å²) in [6.45, 7) is 1.86. The second-order valence-corrected chi connectivity index (χ2v) is 4.97. The normalized spacial score (nSPS) is 10.3. The number of amides is 1. The van der Waals surface area contributed by atoms with Gasteiger partial charge in [0.15, 0.2) is 0 Å². The molecule has 7 nitrogen and oxygen atoms in total. The largest absolute Gasteiger partial charge is 0.573 e. The van der Waals surface area contributed by atoms with E-state index in [1.165, 1.54) is 12.1 Å². The van der Waals surface area contributed by atoms with E-state index in [1.54, 1.807) is 30.7 Å². The molecule has 0 aliphatic rings. The van der Waals surface area contributed by atoms with Gasteiger partial charge in [-0.25, -0.2) is 10.8 Å². The molecule has 2 rings (SSSR count). The molecule has 0 spiro atoms. The highest BCUT2D eigenvalue weighted by molar-refractivity contribution is 5.57. The van der Waals surface area contributed by atoms with Gasteiger partial charge in [0.1, 0.15) is 12.4 Å². The molecule has 0 unspecified atom stereocenters. The van der Waals surface area contributed by atoms with Crippen molar-refractivity contribution < 1.29 is 27.4 Å². The number of carbonyl (C=O) groups excluding carboxylic acids is 1. The number of aromatic nitrogens is 1. The number of hydrazine groups is 1. The number of hydrogen-bond donors (Lipinski definition) is 3. The van der Waals surface area contributed by atoms with Crippen LogP contribution in [0, 0.1) is 0 Å². The molecule has 0 saturated heterocycles. The van der Waals surface area contributed by atoms with Crippen LogP contribution in [0.4, 0.5) is 18.9 Å². The summed E-state index contributed by atoms with van der Waals surface area (Å²) in [6, 6.07) is 9.68. The Balaban J connectivity index is 0.000000828. The Morgan fingerprint density at radius 1 is 1.22 bits per heavy atom. The Labute approximate surface area is 154 Å². The summed E-state index contributed by atoms with van der Waals surface area (Å²) in [6.07, 6.45) is -3.62. The quantitative estimate of drug-likeness (QED) is 0.293. The molecule has 1 aromatic carbocycles. The van der Waals surface area contributed by atoms with Crippen molar-refractivity contribution in [3.8, 4) is 11.6 Å². The van der Waals surface area contributed by atoms with Crippen molar-refractivity contribution >= 4 is 12.1 Å². The molecule has 2 aromatic rings. The van der Waals surface area contributed by atoms with E-state index in [4.69, 9.17) is 9.53 Å². The van der Waals surface area contributed by atoms with Crippen molar-refractivity contribution in [2.24, 2.45) is 5.84 Å². The summed E-state index contributed by atoms with van der Waals surface area (Å²) in [5.41, 5.74) is 3.37. The van der Waals surface area contributed by atoms with E-state index in [9.17, 15) is 13.2 Å². The summed E-state index contributed by atoms with van der Waals surface area (Å²) < 4.78 is 47.2. The molecule has 1 heterocycles. The Morgan fingerprint density at radius 3 is 2.44 bits per heavy atom. The standard InChI is InChI=1S/C16H17F3N2O2.CH4N2O/c1-3-11-6-4-9-15(21-11)22-10-12-13(20-2)7-5-8-14(12)23-16(17,18)19;2-3-1-4/h4-9,20H,3,10H2,1-2H3;1H,2H2,(H,3,4). The lowest BCUT2D eigenvalue weighted by Crippen LogP contribution is -2.19. The van der Waals surface area contributed by atoms with Crippen molar-refractivity contribution in [1.29, 1.82) is 0 Å². The van der Waals surface area contributed by atoms with E-state index < -0.39 is 6.36 Å². The zero-order valence-corrected chi connectivity index (χ0v) is 14.8. The Kier molecular flexibility index (Phi) is 8.86. The number of hydrogen-bond acceptors (Lipinski definition) is 6. The molecule has 1 aromatic heterocycles. The van der Waals surface area contributed by atoms with Gasteiger partial charge in [0, 0.05) is 24.5 Å². The smallest absolute Gasteiger partial charge is 0.473 e. The van der Waals surface area contributed by atoms with Crippen LogP contribution in [0.15, 0.2) is 36.4 Å². The van der Waals surface area contributed by atoms with Gasteiger partial charge >= 0.3 is 6.36 Å². The maximum atomic E-state index is 12.5. The minimum absolute atomic E-state index is 0.0946. The fourth-order valence-electron chi connectivity index (χ4n) is 2.05. The summed E-state index contributed by atoms with van der Waals surface area (Å²) in [5, 5.41) is 2.83. The van der Waals surface area contributed by atoms with Crippen molar-refractivity contribution in [3.05, 3.63) is 47.7 Å². The second-order valence-electron chi connectivity index (χ2n) is 4.97. The minimum atomic E-state index is -4.76. The molecule has 1 amide bonds. The van der Waals surface area contributed by atoms with Gasteiger partial charge in [-0.3, -0.25) is 10.2 Å². The number of benzene rings is 1. The van der Waals surface area contributed by atoms with Gasteiger partial charge in [0.05, 0.1) is 5.56 Å². The molecule has 0 aliphatic carbocycles. The number of alkyl halides is 3. The SMILES string of the molecule is CCc1cccc(OCc2c(NC)cccc2OC(F)(F)F)n1.NNC=O. The van der Waals surface area contributed by atoms with Crippen molar-refractivity contribution in [3.63, 3.8) is 0 Å². The van der Waals surface area contributed by atoms with Crippen LogP contribution < -0.4 is 26.1 Å². The van der Waals surface area contributed by atoms with Crippen molar-refractivity contribution in [2.45, 2.75) is 26.3 Å². The first-order valence-electron chi connectivity index (χ1n) is 7.88. The molecule has 0 aliphatic heterocycles. The summed E-state index contributed by atoms with van der Waals surface area (Å²) in [4.78, 5) is 13.2. The number of carbonyl (C=O) groups is 1. The van der Waals surface area contributed by atoms with E-state index in [0.29, 0.717) is 18.0 Å². The maximum absolute atomic E-state index is 12.5. The molecule has 0 saturated carbocycles. The van der Waals surface area contributed by atoms with Gasteiger partial charge < -0.3 is 14.8 Å². The number of rotatable bonds is 7. The molecule has 4 N–H and O–H groups in total. The number of halogens is 3. The average molecular weight is 386 g/mol.